The molecule has 22 heavy (non-hydrogen) atoms. The molecular formula is C16H13N3O3. The quantitative estimate of drug-likeness (QED) is 0.541. The fourth-order valence-corrected chi connectivity index (χ4v) is 2.06. The van der Waals surface area contributed by atoms with Gasteiger partial charge in [-0.2, -0.15) is 5.10 Å². The van der Waals surface area contributed by atoms with Gasteiger partial charge in [0.05, 0.1) is 16.3 Å². The molecular weight excluding hydrogens is 282 g/mol. The van der Waals surface area contributed by atoms with Crippen LogP contribution < -0.4 is 4.74 Å². The van der Waals surface area contributed by atoms with Gasteiger partial charge >= 0.3 is 0 Å². The molecule has 0 bridgehead atoms. The molecule has 1 heterocycles. The number of aromatic nitrogens is 2. The summed E-state index contributed by atoms with van der Waals surface area (Å²) in [5.41, 5.74) is 1.73. The molecule has 0 radical (unpaired) electrons. The van der Waals surface area contributed by atoms with Crippen molar-refractivity contribution in [2.45, 2.75) is 6.92 Å². The van der Waals surface area contributed by atoms with Gasteiger partial charge in [-0.1, -0.05) is 18.2 Å². The van der Waals surface area contributed by atoms with Crippen LogP contribution in [0.3, 0.4) is 0 Å². The highest BCUT2D eigenvalue weighted by Gasteiger charge is 2.11. The Bertz CT molecular complexity index is 795. The monoisotopic (exact) mass is 295 g/mol. The molecule has 110 valence electrons. The molecule has 3 aromatic rings. The van der Waals surface area contributed by atoms with Gasteiger partial charge in [-0.15, -0.1) is 0 Å². The third kappa shape index (κ3) is 2.80. The highest BCUT2D eigenvalue weighted by Crippen LogP contribution is 2.26. The standard InChI is InChI=1S/C16H13N3O3/c1-12-11-16(18(17-12)13-5-3-2-4-6-13)22-15-9-7-14(8-10-15)19(20)21/h2-11H,1H3. The topological polar surface area (TPSA) is 70.2 Å². The summed E-state index contributed by atoms with van der Waals surface area (Å²) in [6, 6.07) is 17.4. The Hall–Kier alpha value is -3.15. The van der Waals surface area contributed by atoms with Crippen molar-refractivity contribution in [1.29, 1.82) is 0 Å². The zero-order valence-electron chi connectivity index (χ0n) is 11.8. The first-order valence-electron chi connectivity index (χ1n) is 6.68. The lowest BCUT2D eigenvalue weighted by atomic mass is 10.3. The Kier molecular flexibility index (Phi) is 3.57. The molecule has 0 aliphatic rings. The van der Waals surface area contributed by atoms with E-state index in [1.807, 2.05) is 43.3 Å². The largest absolute Gasteiger partial charge is 0.439 e. The number of nitrogens with zero attached hydrogens (tertiary/aromatic N) is 3. The smallest absolute Gasteiger partial charge is 0.269 e. The van der Waals surface area contributed by atoms with Crippen molar-refractivity contribution in [1.82, 2.24) is 9.78 Å². The van der Waals surface area contributed by atoms with Crippen molar-refractivity contribution in [2.24, 2.45) is 0 Å². The minimum atomic E-state index is -0.442. The van der Waals surface area contributed by atoms with Gasteiger partial charge in [-0.3, -0.25) is 10.1 Å². The first-order valence-corrected chi connectivity index (χ1v) is 6.68. The number of hydrogen-bond donors (Lipinski definition) is 0. The minimum Gasteiger partial charge on any atom is -0.439 e. The van der Waals surface area contributed by atoms with E-state index in [-0.39, 0.29) is 5.69 Å². The molecule has 2 aromatic carbocycles. The van der Waals surface area contributed by atoms with Crippen molar-refractivity contribution in [3.8, 4) is 17.3 Å². The van der Waals surface area contributed by atoms with Crippen LogP contribution in [0.25, 0.3) is 5.69 Å². The van der Waals surface area contributed by atoms with Gasteiger partial charge < -0.3 is 4.74 Å². The van der Waals surface area contributed by atoms with E-state index >= 15 is 0 Å². The first-order chi connectivity index (χ1) is 10.6. The van der Waals surface area contributed by atoms with Gasteiger partial charge in [-0.25, -0.2) is 4.68 Å². The van der Waals surface area contributed by atoms with E-state index in [1.54, 1.807) is 16.8 Å². The average Bonchev–Trinajstić information content (AvgIpc) is 2.89. The van der Waals surface area contributed by atoms with Crippen molar-refractivity contribution in [3.05, 3.63) is 76.5 Å². The third-order valence-electron chi connectivity index (χ3n) is 3.07. The normalized spacial score (nSPS) is 10.4. The second-order valence-electron chi connectivity index (χ2n) is 4.72. The van der Waals surface area contributed by atoms with E-state index < -0.39 is 4.92 Å². The summed E-state index contributed by atoms with van der Waals surface area (Å²) < 4.78 is 7.49. The molecule has 0 amide bonds. The molecule has 1 aromatic heterocycles. The molecule has 0 unspecified atom stereocenters. The van der Waals surface area contributed by atoms with E-state index in [2.05, 4.69) is 5.10 Å². The maximum Gasteiger partial charge on any atom is 0.269 e. The SMILES string of the molecule is Cc1cc(Oc2ccc([N+](=O)[O-])cc2)n(-c2ccccc2)n1. The number of nitro benzene ring substituents is 1. The van der Waals surface area contributed by atoms with Crippen LogP contribution in [0.1, 0.15) is 5.69 Å². The molecule has 6 heteroatoms. The van der Waals surface area contributed by atoms with Crippen LogP contribution in [0.5, 0.6) is 11.6 Å². The lowest BCUT2D eigenvalue weighted by Crippen LogP contribution is -1.99. The lowest BCUT2D eigenvalue weighted by Gasteiger charge is -2.08. The zero-order valence-corrected chi connectivity index (χ0v) is 11.8. The number of para-hydroxylation sites is 1. The summed E-state index contributed by atoms with van der Waals surface area (Å²) in [5.74, 6) is 1.07. The first kappa shape index (κ1) is 13.8. The summed E-state index contributed by atoms with van der Waals surface area (Å²) in [4.78, 5) is 10.2. The molecule has 0 aliphatic heterocycles. The molecule has 0 saturated heterocycles. The summed E-state index contributed by atoms with van der Waals surface area (Å²) >= 11 is 0. The second kappa shape index (κ2) is 5.69. The fraction of sp³-hybridized carbons (Fsp3) is 0.0625. The predicted molar refractivity (Wildman–Crippen MR) is 81.5 cm³/mol. The summed E-state index contributed by atoms with van der Waals surface area (Å²) in [7, 11) is 0. The molecule has 0 atom stereocenters. The van der Waals surface area contributed by atoms with E-state index in [1.165, 1.54) is 12.1 Å². The Morgan fingerprint density at radius 2 is 1.77 bits per heavy atom. The fourth-order valence-electron chi connectivity index (χ4n) is 2.06. The number of aryl methyl sites for hydroxylation is 1. The van der Waals surface area contributed by atoms with Crippen LogP contribution in [-0.4, -0.2) is 14.7 Å². The molecule has 3 rings (SSSR count). The van der Waals surface area contributed by atoms with Gasteiger partial charge in [0, 0.05) is 18.2 Å². The summed E-state index contributed by atoms with van der Waals surface area (Å²) in [6.45, 7) is 1.88. The summed E-state index contributed by atoms with van der Waals surface area (Å²) in [5, 5.41) is 15.1. The van der Waals surface area contributed by atoms with Gasteiger partial charge in [0.2, 0.25) is 5.88 Å². The molecule has 0 fully saturated rings. The predicted octanol–water partition coefficient (Wildman–Crippen LogP) is 3.88. The minimum absolute atomic E-state index is 0.0279. The number of hydrogen-bond acceptors (Lipinski definition) is 4. The second-order valence-corrected chi connectivity index (χ2v) is 4.72. The summed E-state index contributed by atoms with van der Waals surface area (Å²) in [6.07, 6.45) is 0. The number of ether oxygens (including phenoxy) is 1. The van der Waals surface area contributed by atoms with Crippen LogP contribution >= 0.6 is 0 Å². The van der Waals surface area contributed by atoms with E-state index in [0.717, 1.165) is 11.4 Å². The highest BCUT2D eigenvalue weighted by molar-refractivity contribution is 5.40. The van der Waals surface area contributed by atoms with Crippen LogP contribution in [-0.2, 0) is 0 Å². The average molecular weight is 295 g/mol. The maximum absolute atomic E-state index is 10.7. The molecule has 0 N–H and O–H groups in total. The van der Waals surface area contributed by atoms with Crippen molar-refractivity contribution < 1.29 is 9.66 Å². The van der Waals surface area contributed by atoms with E-state index in [0.29, 0.717) is 11.6 Å². The number of nitro groups is 1. The Morgan fingerprint density at radius 3 is 2.41 bits per heavy atom. The van der Waals surface area contributed by atoms with Crippen LogP contribution in [0, 0.1) is 17.0 Å². The lowest BCUT2D eigenvalue weighted by molar-refractivity contribution is -0.384. The molecule has 0 spiro atoms. The van der Waals surface area contributed by atoms with Gasteiger partial charge in [0.25, 0.3) is 5.69 Å². The number of non-ortho nitro benzene ring substituents is 1. The van der Waals surface area contributed by atoms with Crippen molar-refractivity contribution >= 4 is 5.69 Å². The number of rotatable bonds is 4. The molecule has 6 nitrogen and oxygen atoms in total. The van der Waals surface area contributed by atoms with Crippen LogP contribution in [0.15, 0.2) is 60.7 Å². The Labute approximate surface area is 126 Å². The van der Waals surface area contributed by atoms with Crippen molar-refractivity contribution in [3.63, 3.8) is 0 Å². The maximum atomic E-state index is 10.7. The van der Waals surface area contributed by atoms with Crippen LogP contribution in [0.4, 0.5) is 5.69 Å². The van der Waals surface area contributed by atoms with Crippen molar-refractivity contribution in [2.75, 3.05) is 0 Å². The Balaban J connectivity index is 1.91. The third-order valence-corrected chi connectivity index (χ3v) is 3.07. The van der Waals surface area contributed by atoms with E-state index in [9.17, 15) is 10.1 Å². The van der Waals surface area contributed by atoms with Gasteiger partial charge in [0.1, 0.15) is 5.75 Å². The molecule has 0 saturated carbocycles. The zero-order chi connectivity index (χ0) is 15.5. The molecule has 0 aliphatic carbocycles. The van der Waals surface area contributed by atoms with Gasteiger partial charge in [0.15, 0.2) is 0 Å². The van der Waals surface area contributed by atoms with Crippen LogP contribution in [0.2, 0.25) is 0 Å². The van der Waals surface area contributed by atoms with E-state index in [4.69, 9.17) is 4.74 Å². The Morgan fingerprint density at radius 1 is 1.09 bits per heavy atom. The number of benzene rings is 2. The highest BCUT2D eigenvalue weighted by atomic mass is 16.6. The van der Waals surface area contributed by atoms with Gasteiger partial charge in [-0.05, 0) is 31.2 Å².